The third kappa shape index (κ3) is 4.79. The molecule has 0 spiro atoms. The summed E-state index contributed by atoms with van der Waals surface area (Å²) in [6.45, 7) is 11.4. The lowest BCUT2D eigenvalue weighted by Gasteiger charge is -2.42. The summed E-state index contributed by atoms with van der Waals surface area (Å²) in [4.78, 5) is 13.0. The van der Waals surface area contributed by atoms with Gasteiger partial charge in [0.15, 0.2) is 5.69 Å². The van der Waals surface area contributed by atoms with Gasteiger partial charge in [-0.3, -0.25) is 4.79 Å². The second kappa shape index (κ2) is 9.52. The molecule has 1 amide bonds. The molecule has 0 saturated heterocycles. The molecule has 0 atom stereocenters. The molecule has 1 N–H and O–H groups in total. The summed E-state index contributed by atoms with van der Waals surface area (Å²) in [5.41, 5.74) is 6.09. The average Bonchev–Trinajstić information content (AvgIpc) is 3.31. The SMILES string of the molecule is COc1cc(OC)c(NC(=O)c2cc(Cc3cc4c(cc3C)C(C)(C)CCC4(C)C)on2)c(OC)c1. The number of nitrogens with zero attached hydrogens (tertiary/aromatic N) is 1. The highest BCUT2D eigenvalue weighted by molar-refractivity contribution is 6.04. The highest BCUT2D eigenvalue weighted by Gasteiger charge is 2.37. The number of methoxy groups -OCH3 is 3. The predicted molar refractivity (Wildman–Crippen MR) is 140 cm³/mol. The van der Waals surface area contributed by atoms with Crippen LogP contribution >= 0.6 is 0 Å². The van der Waals surface area contributed by atoms with E-state index >= 15 is 0 Å². The van der Waals surface area contributed by atoms with Gasteiger partial charge in [0.2, 0.25) is 0 Å². The number of ether oxygens (including phenoxy) is 3. The highest BCUT2D eigenvalue weighted by Crippen LogP contribution is 2.46. The minimum Gasteiger partial charge on any atom is -0.496 e. The van der Waals surface area contributed by atoms with Gasteiger partial charge in [-0.15, -0.1) is 0 Å². The normalized spacial score (nSPS) is 15.7. The molecule has 4 rings (SSSR count). The number of aromatic nitrogens is 1. The Kier molecular flexibility index (Phi) is 6.78. The van der Waals surface area contributed by atoms with Crippen LogP contribution in [0.3, 0.4) is 0 Å². The molecule has 0 bridgehead atoms. The summed E-state index contributed by atoms with van der Waals surface area (Å²) in [5.74, 6) is 1.59. The molecule has 1 heterocycles. The van der Waals surface area contributed by atoms with E-state index in [0.717, 1.165) is 6.42 Å². The maximum absolute atomic E-state index is 13.0. The maximum Gasteiger partial charge on any atom is 0.278 e. The van der Waals surface area contributed by atoms with Crippen molar-refractivity contribution >= 4 is 11.6 Å². The third-order valence-electron chi connectivity index (χ3n) is 7.42. The van der Waals surface area contributed by atoms with Gasteiger partial charge in [0.1, 0.15) is 28.7 Å². The molecule has 0 unspecified atom stereocenters. The zero-order valence-corrected chi connectivity index (χ0v) is 22.5. The second-order valence-corrected chi connectivity index (χ2v) is 10.8. The van der Waals surface area contributed by atoms with Crippen LogP contribution in [-0.4, -0.2) is 32.4 Å². The molecule has 1 aliphatic carbocycles. The quantitative estimate of drug-likeness (QED) is 0.423. The number of benzene rings is 2. The van der Waals surface area contributed by atoms with Gasteiger partial charge in [-0.05, 0) is 52.8 Å². The first-order chi connectivity index (χ1) is 17.0. The fourth-order valence-corrected chi connectivity index (χ4v) is 4.95. The molecule has 36 heavy (non-hydrogen) atoms. The van der Waals surface area contributed by atoms with E-state index in [2.05, 4.69) is 57.2 Å². The standard InChI is InChI=1S/C29H36N2O5/c1-17-11-21-22(29(4,5)10-9-28(21,2)3)13-18(17)12-20-14-23(31-36-20)27(32)30-26-24(34-7)15-19(33-6)16-25(26)35-8/h11,13-16H,9-10,12H2,1-8H3,(H,30,32). The van der Waals surface area contributed by atoms with E-state index in [0.29, 0.717) is 35.1 Å². The maximum atomic E-state index is 13.0. The lowest BCUT2D eigenvalue weighted by Crippen LogP contribution is -2.34. The summed E-state index contributed by atoms with van der Waals surface area (Å²) >= 11 is 0. The number of nitrogens with one attached hydrogen (secondary N) is 1. The van der Waals surface area contributed by atoms with Gasteiger partial charge in [-0.25, -0.2) is 0 Å². The Morgan fingerprint density at radius 2 is 1.50 bits per heavy atom. The van der Waals surface area contributed by atoms with Crippen molar-refractivity contribution < 1.29 is 23.5 Å². The molecule has 0 aliphatic heterocycles. The molecule has 1 aromatic heterocycles. The Bertz CT molecular complexity index is 1260. The van der Waals surface area contributed by atoms with Crippen LogP contribution in [0.1, 0.15) is 79.0 Å². The van der Waals surface area contributed by atoms with Gasteiger partial charge in [0, 0.05) is 24.6 Å². The topological polar surface area (TPSA) is 82.8 Å². The zero-order chi connectivity index (χ0) is 26.3. The number of fused-ring (bicyclic) bond motifs is 1. The number of rotatable bonds is 7. The molecule has 192 valence electrons. The predicted octanol–water partition coefficient (Wildman–Crippen LogP) is 6.20. The number of hydrogen-bond donors (Lipinski definition) is 1. The number of hydrogen-bond acceptors (Lipinski definition) is 6. The first-order valence-corrected chi connectivity index (χ1v) is 12.2. The van der Waals surface area contributed by atoms with Crippen molar-refractivity contribution in [2.45, 2.75) is 64.7 Å². The minimum atomic E-state index is -0.420. The van der Waals surface area contributed by atoms with Crippen LogP contribution < -0.4 is 19.5 Å². The van der Waals surface area contributed by atoms with E-state index in [9.17, 15) is 4.79 Å². The van der Waals surface area contributed by atoms with Crippen molar-refractivity contribution in [2.75, 3.05) is 26.6 Å². The van der Waals surface area contributed by atoms with Crippen LogP contribution in [0.5, 0.6) is 17.2 Å². The summed E-state index contributed by atoms with van der Waals surface area (Å²) in [6, 6.07) is 9.69. The smallest absolute Gasteiger partial charge is 0.278 e. The van der Waals surface area contributed by atoms with Gasteiger partial charge in [0.05, 0.1) is 21.3 Å². The van der Waals surface area contributed by atoms with Gasteiger partial charge in [-0.2, -0.15) is 0 Å². The van der Waals surface area contributed by atoms with Crippen LogP contribution in [0.15, 0.2) is 34.9 Å². The number of carbonyl (C=O) groups is 1. The first-order valence-electron chi connectivity index (χ1n) is 12.2. The Balaban J connectivity index is 1.58. The van der Waals surface area contributed by atoms with Crippen molar-refractivity contribution in [3.05, 3.63) is 64.0 Å². The molecule has 0 radical (unpaired) electrons. The van der Waals surface area contributed by atoms with Crippen LogP contribution in [0.25, 0.3) is 0 Å². The van der Waals surface area contributed by atoms with E-state index in [-0.39, 0.29) is 16.5 Å². The fourth-order valence-electron chi connectivity index (χ4n) is 4.95. The van der Waals surface area contributed by atoms with Crippen molar-refractivity contribution in [1.82, 2.24) is 5.16 Å². The zero-order valence-electron chi connectivity index (χ0n) is 22.5. The van der Waals surface area contributed by atoms with E-state index < -0.39 is 5.91 Å². The molecular formula is C29H36N2O5. The highest BCUT2D eigenvalue weighted by atomic mass is 16.5. The Morgan fingerprint density at radius 3 is 2.06 bits per heavy atom. The molecule has 2 aromatic carbocycles. The lowest BCUT2D eigenvalue weighted by atomic mass is 9.62. The largest absolute Gasteiger partial charge is 0.496 e. The monoisotopic (exact) mass is 492 g/mol. The molecule has 7 heteroatoms. The summed E-state index contributed by atoms with van der Waals surface area (Å²) in [7, 11) is 4.58. The molecule has 7 nitrogen and oxygen atoms in total. The van der Waals surface area contributed by atoms with Crippen LogP contribution in [0.4, 0.5) is 5.69 Å². The summed E-state index contributed by atoms with van der Waals surface area (Å²) in [6.07, 6.45) is 2.89. The molecule has 0 fully saturated rings. The number of anilines is 1. The van der Waals surface area contributed by atoms with Gasteiger partial charge in [-0.1, -0.05) is 45.0 Å². The van der Waals surface area contributed by atoms with Crippen molar-refractivity contribution in [2.24, 2.45) is 0 Å². The van der Waals surface area contributed by atoms with Crippen LogP contribution in [0, 0.1) is 6.92 Å². The summed E-state index contributed by atoms with van der Waals surface area (Å²) < 4.78 is 21.7. The molecule has 3 aromatic rings. The minimum absolute atomic E-state index is 0.121. The van der Waals surface area contributed by atoms with E-state index in [1.54, 1.807) is 25.3 Å². The molecular weight excluding hydrogens is 456 g/mol. The summed E-state index contributed by atoms with van der Waals surface area (Å²) in [5, 5.41) is 6.86. The van der Waals surface area contributed by atoms with Gasteiger partial charge in [0.25, 0.3) is 5.91 Å². The van der Waals surface area contributed by atoms with Crippen molar-refractivity contribution in [3.8, 4) is 17.2 Å². The Hall–Kier alpha value is -3.48. The Labute approximate surface area is 213 Å². The van der Waals surface area contributed by atoms with Crippen LogP contribution in [0.2, 0.25) is 0 Å². The fraction of sp³-hybridized carbons (Fsp3) is 0.448. The number of carbonyl (C=O) groups excluding carboxylic acids is 1. The number of aryl methyl sites for hydroxylation is 1. The van der Waals surface area contributed by atoms with E-state index in [1.807, 2.05) is 0 Å². The van der Waals surface area contributed by atoms with E-state index in [4.69, 9.17) is 18.7 Å². The van der Waals surface area contributed by atoms with Crippen molar-refractivity contribution in [1.29, 1.82) is 0 Å². The first kappa shape index (κ1) is 25.6. The van der Waals surface area contributed by atoms with E-state index in [1.165, 1.54) is 42.9 Å². The molecule has 1 aliphatic rings. The second-order valence-electron chi connectivity index (χ2n) is 10.8. The average molecular weight is 493 g/mol. The third-order valence-corrected chi connectivity index (χ3v) is 7.42. The molecule has 0 saturated carbocycles. The van der Waals surface area contributed by atoms with Crippen molar-refractivity contribution in [3.63, 3.8) is 0 Å². The lowest BCUT2D eigenvalue weighted by molar-refractivity contribution is 0.101. The Morgan fingerprint density at radius 1 is 0.917 bits per heavy atom. The van der Waals surface area contributed by atoms with Gasteiger partial charge < -0.3 is 24.1 Å². The number of amides is 1. The van der Waals surface area contributed by atoms with Crippen LogP contribution in [-0.2, 0) is 17.3 Å². The van der Waals surface area contributed by atoms with Gasteiger partial charge >= 0.3 is 0 Å².